The van der Waals surface area contributed by atoms with E-state index in [9.17, 15) is 14.7 Å². The number of carbonyl (C=O) groups is 2. The summed E-state index contributed by atoms with van der Waals surface area (Å²) >= 11 is 0. The van der Waals surface area contributed by atoms with Crippen LogP contribution in [-0.4, -0.2) is 29.6 Å². The molecule has 0 aromatic carbocycles. The summed E-state index contributed by atoms with van der Waals surface area (Å²) in [5.74, 6) is -1.09. The Morgan fingerprint density at radius 1 is 0.686 bits per heavy atom. The fourth-order valence-electron chi connectivity index (χ4n) is 4.43. The van der Waals surface area contributed by atoms with Crippen LogP contribution < -0.4 is 11.1 Å². The molecule has 0 aliphatic carbocycles. The minimum atomic E-state index is -0.953. The van der Waals surface area contributed by atoms with Crippen molar-refractivity contribution in [3.63, 3.8) is 0 Å². The molecule has 0 spiro atoms. The first kappa shape index (κ1) is 33.6. The second kappa shape index (κ2) is 27.2. The molecule has 206 valence electrons. The molecule has 0 saturated carbocycles. The van der Waals surface area contributed by atoms with Crippen LogP contribution in [0.5, 0.6) is 0 Å². The Hall–Kier alpha value is -1.36. The fourth-order valence-corrected chi connectivity index (χ4v) is 4.43. The minimum absolute atomic E-state index is 0.140. The lowest BCUT2D eigenvalue weighted by atomic mass is 10.0. The molecule has 0 radical (unpaired) electrons. The molecule has 0 bridgehead atoms. The standard InChI is InChI=1S/C30H58N2O3/c1-2-3-4-5-6-7-8-9-10-11-12-13-14-15-16-17-18-19-20-21-22-26-29(33)32-28(30(34)35)25-23-24-27-31/h9-10,28H,2-8,11-27,31H2,1H3,(H,32,33)(H,34,35)/b10-9-/t28-/m0/s1. The van der Waals surface area contributed by atoms with Crippen molar-refractivity contribution in [2.24, 2.45) is 5.73 Å². The Morgan fingerprint density at radius 2 is 1.14 bits per heavy atom. The second-order valence-corrected chi connectivity index (χ2v) is 10.2. The number of unbranched alkanes of at least 4 members (excludes halogenated alkanes) is 18. The van der Waals surface area contributed by atoms with Crippen LogP contribution in [0.4, 0.5) is 0 Å². The van der Waals surface area contributed by atoms with Gasteiger partial charge in [0.2, 0.25) is 5.91 Å². The van der Waals surface area contributed by atoms with Gasteiger partial charge in [0.15, 0.2) is 0 Å². The van der Waals surface area contributed by atoms with E-state index in [0.717, 1.165) is 32.1 Å². The highest BCUT2D eigenvalue weighted by atomic mass is 16.4. The molecule has 0 fully saturated rings. The maximum atomic E-state index is 12.0. The van der Waals surface area contributed by atoms with E-state index in [2.05, 4.69) is 24.4 Å². The maximum Gasteiger partial charge on any atom is 0.326 e. The highest BCUT2D eigenvalue weighted by Gasteiger charge is 2.18. The van der Waals surface area contributed by atoms with Gasteiger partial charge in [0, 0.05) is 6.42 Å². The molecule has 0 aliphatic heterocycles. The van der Waals surface area contributed by atoms with Crippen LogP contribution in [0.15, 0.2) is 12.2 Å². The van der Waals surface area contributed by atoms with Gasteiger partial charge in [0.05, 0.1) is 0 Å². The Labute approximate surface area is 217 Å². The van der Waals surface area contributed by atoms with E-state index in [1.54, 1.807) is 0 Å². The Bertz CT molecular complexity index is 508. The Balaban J connectivity index is 3.37. The van der Waals surface area contributed by atoms with Crippen LogP contribution in [0.3, 0.4) is 0 Å². The van der Waals surface area contributed by atoms with Gasteiger partial charge >= 0.3 is 5.97 Å². The summed E-state index contributed by atoms with van der Waals surface area (Å²) in [6.45, 7) is 2.83. The number of amides is 1. The second-order valence-electron chi connectivity index (χ2n) is 10.2. The average molecular weight is 495 g/mol. The monoisotopic (exact) mass is 494 g/mol. The third-order valence-electron chi connectivity index (χ3n) is 6.75. The van der Waals surface area contributed by atoms with Crippen molar-refractivity contribution in [2.75, 3.05) is 6.54 Å². The molecule has 1 amide bonds. The van der Waals surface area contributed by atoms with Gasteiger partial charge in [-0.1, -0.05) is 109 Å². The number of carboxylic acid groups (broad SMARTS) is 1. The smallest absolute Gasteiger partial charge is 0.326 e. The zero-order valence-electron chi connectivity index (χ0n) is 23.0. The number of hydrogen-bond donors (Lipinski definition) is 3. The summed E-state index contributed by atoms with van der Waals surface area (Å²) in [6.07, 6.45) is 31.7. The molecule has 35 heavy (non-hydrogen) atoms. The molecular formula is C30H58N2O3. The molecule has 5 nitrogen and oxygen atoms in total. The van der Waals surface area contributed by atoms with Crippen molar-refractivity contribution in [3.05, 3.63) is 12.2 Å². The van der Waals surface area contributed by atoms with Gasteiger partial charge in [0.25, 0.3) is 0 Å². The highest BCUT2D eigenvalue weighted by molar-refractivity contribution is 5.83. The predicted octanol–water partition coefficient (Wildman–Crippen LogP) is 8.06. The third-order valence-corrected chi connectivity index (χ3v) is 6.75. The first-order chi connectivity index (χ1) is 17.1. The van der Waals surface area contributed by atoms with Crippen LogP contribution in [0.25, 0.3) is 0 Å². The topological polar surface area (TPSA) is 92.4 Å². The number of allylic oxidation sites excluding steroid dienone is 2. The van der Waals surface area contributed by atoms with E-state index in [0.29, 0.717) is 19.4 Å². The molecule has 0 saturated heterocycles. The highest BCUT2D eigenvalue weighted by Crippen LogP contribution is 2.13. The van der Waals surface area contributed by atoms with Gasteiger partial charge < -0.3 is 16.2 Å². The maximum absolute atomic E-state index is 12.0. The van der Waals surface area contributed by atoms with E-state index < -0.39 is 12.0 Å². The largest absolute Gasteiger partial charge is 0.480 e. The molecule has 0 heterocycles. The summed E-state index contributed by atoms with van der Waals surface area (Å²) in [4.78, 5) is 23.2. The average Bonchev–Trinajstić information content (AvgIpc) is 2.84. The van der Waals surface area contributed by atoms with Gasteiger partial charge in [0.1, 0.15) is 6.04 Å². The predicted molar refractivity (Wildman–Crippen MR) is 150 cm³/mol. The van der Waals surface area contributed by atoms with Crippen LogP contribution in [0.1, 0.15) is 155 Å². The molecule has 1 atom stereocenters. The van der Waals surface area contributed by atoms with Gasteiger partial charge in [-0.2, -0.15) is 0 Å². The van der Waals surface area contributed by atoms with Crippen LogP contribution in [0, 0.1) is 0 Å². The van der Waals surface area contributed by atoms with E-state index in [1.165, 1.54) is 103 Å². The first-order valence-electron chi connectivity index (χ1n) is 15.0. The summed E-state index contributed by atoms with van der Waals surface area (Å²) in [7, 11) is 0. The number of carboxylic acids is 1. The number of rotatable bonds is 27. The lowest BCUT2D eigenvalue weighted by molar-refractivity contribution is -0.142. The first-order valence-corrected chi connectivity index (χ1v) is 15.0. The SMILES string of the molecule is CCCCCCCC/C=C\CCCCCCCCCCCCCC(=O)N[C@@H](CCCCN)C(=O)O. The normalized spacial score (nSPS) is 12.3. The number of aliphatic carboxylic acids is 1. The van der Waals surface area contributed by atoms with Crippen LogP contribution in [-0.2, 0) is 9.59 Å². The van der Waals surface area contributed by atoms with Crippen LogP contribution in [0.2, 0.25) is 0 Å². The molecule has 0 aliphatic rings. The van der Waals surface area contributed by atoms with Crippen molar-refractivity contribution in [1.29, 1.82) is 0 Å². The van der Waals surface area contributed by atoms with Gasteiger partial charge in [-0.3, -0.25) is 4.79 Å². The van der Waals surface area contributed by atoms with Crippen molar-refractivity contribution in [3.8, 4) is 0 Å². The number of carbonyl (C=O) groups excluding carboxylic acids is 1. The van der Waals surface area contributed by atoms with Crippen molar-refractivity contribution in [1.82, 2.24) is 5.32 Å². The van der Waals surface area contributed by atoms with E-state index in [4.69, 9.17) is 5.73 Å². The summed E-state index contributed by atoms with van der Waals surface area (Å²) in [6, 6.07) is -0.777. The third kappa shape index (κ3) is 25.5. The number of nitrogens with two attached hydrogens (primary N) is 1. The molecule has 5 heteroatoms. The van der Waals surface area contributed by atoms with Gasteiger partial charge in [-0.25, -0.2) is 4.79 Å². The zero-order valence-corrected chi connectivity index (χ0v) is 23.0. The number of hydrogen-bond acceptors (Lipinski definition) is 3. The van der Waals surface area contributed by atoms with Crippen LogP contribution >= 0.6 is 0 Å². The van der Waals surface area contributed by atoms with E-state index in [1.807, 2.05) is 0 Å². The summed E-state index contributed by atoms with van der Waals surface area (Å²) in [5, 5.41) is 11.9. The molecule has 4 N–H and O–H groups in total. The fraction of sp³-hybridized carbons (Fsp3) is 0.867. The molecule has 0 unspecified atom stereocenters. The summed E-state index contributed by atoms with van der Waals surface area (Å²) in [5.41, 5.74) is 5.44. The van der Waals surface area contributed by atoms with Crippen molar-refractivity contribution < 1.29 is 14.7 Å². The van der Waals surface area contributed by atoms with Gasteiger partial charge in [-0.15, -0.1) is 0 Å². The lowest BCUT2D eigenvalue weighted by Gasteiger charge is -2.14. The quantitative estimate of drug-likeness (QED) is 0.0795. The Kier molecular flexibility index (Phi) is 26.2. The Morgan fingerprint density at radius 3 is 1.60 bits per heavy atom. The summed E-state index contributed by atoms with van der Waals surface area (Å²) < 4.78 is 0. The molecule has 0 rings (SSSR count). The van der Waals surface area contributed by atoms with E-state index >= 15 is 0 Å². The van der Waals surface area contributed by atoms with Gasteiger partial charge in [-0.05, 0) is 57.9 Å². The molecule has 0 aromatic heterocycles. The zero-order chi connectivity index (χ0) is 25.8. The van der Waals surface area contributed by atoms with Crippen molar-refractivity contribution >= 4 is 11.9 Å². The minimum Gasteiger partial charge on any atom is -0.480 e. The number of nitrogens with one attached hydrogen (secondary N) is 1. The molecule has 0 aromatic rings. The van der Waals surface area contributed by atoms with E-state index in [-0.39, 0.29) is 5.91 Å². The molecular weight excluding hydrogens is 436 g/mol. The lowest BCUT2D eigenvalue weighted by Crippen LogP contribution is -2.40. The van der Waals surface area contributed by atoms with Crippen molar-refractivity contribution in [2.45, 2.75) is 161 Å².